The van der Waals surface area contributed by atoms with Crippen LogP contribution in [0.3, 0.4) is 0 Å². The molecule has 0 heterocycles. The third-order valence-corrected chi connectivity index (χ3v) is 4.14. The first-order valence-corrected chi connectivity index (χ1v) is 7.63. The van der Waals surface area contributed by atoms with Crippen LogP contribution in [-0.2, 0) is 10.0 Å². The number of anilines is 1. The van der Waals surface area contributed by atoms with Gasteiger partial charge in [-0.25, -0.2) is 13.1 Å². The van der Waals surface area contributed by atoms with Crippen LogP contribution in [0.15, 0.2) is 53.4 Å². The van der Waals surface area contributed by atoms with Crippen molar-refractivity contribution in [3.63, 3.8) is 0 Å². The second kappa shape index (κ2) is 5.94. The van der Waals surface area contributed by atoms with E-state index in [1.165, 1.54) is 6.07 Å². The van der Waals surface area contributed by atoms with Crippen molar-refractivity contribution in [1.29, 1.82) is 0 Å². The molecule has 2 aromatic rings. The average molecular weight is 292 g/mol. The standard InChI is InChI=1S/C14H16N2O3S/c1-2-16-20(17,18)14-9-4-3-8-13(14)19-12-7-5-6-11(15)10-12/h3-10,16H,2,15H2,1H3. The van der Waals surface area contributed by atoms with Crippen molar-refractivity contribution in [3.8, 4) is 11.5 Å². The third kappa shape index (κ3) is 3.28. The van der Waals surface area contributed by atoms with Crippen molar-refractivity contribution in [1.82, 2.24) is 4.72 Å². The van der Waals surface area contributed by atoms with Crippen LogP contribution >= 0.6 is 0 Å². The molecule has 106 valence electrons. The van der Waals surface area contributed by atoms with Crippen LogP contribution in [0.4, 0.5) is 5.69 Å². The van der Waals surface area contributed by atoms with E-state index >= 15 is 0 Å². The van der Waals surface area contributed by atoms with Crippen LogP contribution in [0.2, 0.25) is 0 Å². The largest absolute Gasteiger partial charge is 0.456 e. The second-order valence-electron chi connectivity index (χ2n) is 4.12. The lowest BCUT2D eigenvalue weighted by atomic mass is 10.3. The highest BCUT2D eigenvalue weighted by Crippen LogP contribution is 2.29. The lowest BCUT2D eigenvalue weighted by molar-refractivity contribution is 0.467. The number of sulfonamides is 1. The normalized spacial score (nSPS) is 11.2. The van der Waals surface area contributed by atoms with E-state index < -0.39 is 10.0 Å². The Kier molecular flexibility index (Phi) is 4.26. The Hall–Kier alpha value is -2.05. The molecule has 0 unspecified atom stereocenters. The zero-order valence-corrected chi connectivity index (χ0v) is 11.9. The molecule has 2 rings (SSSR count). The van der Waals surface area contributed by atoms with Crippen LogP contribution < -0.4 is 15.2 Å². The van der Waals surface area contributed by atoms with Crippen molar-refractivity contribution >= 4 is 15.7 Å². The van der Waals surface area contributed by atoms with Crippen LogP contribution in [0.5, 0.6) is 11.5 Å². The molecule has 0 amide bonds. The van der Waals surface area contributed by atoms with Gasteiger partial charge in [0.2, 0.25) is 10.0 Å². The van der Waals surface area contributed by atoms with Gasteiger partial charge in [-0.15, -0.1) is 0 Å². The summed E-state index contributed by atoms with van der Waals surface area (Å²) >= 11 is 0. The van der Waals surface area contributed by atoms with Crippen molar-refractivity contribution < 1.29 is 13.2 Å². The van der Waals surface area contributed by atoms with Gasteiger partial charge in [0.05, 0.1) is 0 Å². The summed E-state index contributed by atoms with van der Waals surface area (Å²) in [5.74, 6) is 0.753. The quantitative estimate of drug-likeness (QED) is 0.829. The summed E-state index contributed by atoms with van der Waals surface area (Å²) in [7, 11) is -3.58. The molecule has 0 aromatic heterocycles. The maximum Gasteiger partial charge on any atom is 0.244 e. The summed E-state index contributed by atoms with van der Waals surface area (Å²) in [6.45, 7) is 2.04. The highest BCUT2D eigenvalue weighted by Gasteiger charge is 2.18. The van der Waals surface area contributed by atoms with E-state index in [0.29, 0.717) is 18.0 Å². The summed E-state index contributed by atoms with van der Waals surface area (Å²) in [4.78, 5) is 0.101. The predicted octanol–water partition coefficient (Wildman–Crippen LogP) is 2.36. The molecule has 0 atom stereocenters. The number of ether oxygens (including phenoxy) is 1. The molecule has 0 aliphatic heterocycles. The fourth-order valence-electron chi connectivity index (χ4n) is 1.73. The zero-order chi connectivity index (χ0) is 14.6. The van der Waals surface area contributed by atoms with Crippen LogP contribution in [0, 0.1) is 0 Å². The SMILES string of the molecule is CCNS(=O)(=O)c1ccccc1Oc1cccc(N)c1. The summed E-state index contributed by atoms with van der Waals surface area (Å²) in [5, 5.41) is 0. The number of nitrogens with one attached hydrogen (secondary N) is 1. The third-order valence-electron chi connectivity index (χ3n) is 2.56. The molecule has 0 aliphatic carbocycles. The number of nitrogen functional groups attached to an aromatic ring is 1. The lowest BCUT2D eigenvalue weighted by Crippen LogP contribution is -2.23. The second-order valence-corrected chi connectivity index (χ2v) is 5.86. The summed E-state index contributed by atoms with van der Waals surface area (Å²) in [6, 6.07) is 13.3. The first-order chi connectivity index (χ1) is 9.53. The topological polar surface area (TPSA) is 81.4 Å². The lowest BCUT2D eigenvalue weighted by Gasteiger charge is -2.12. The first-order valence-electron chi connectivity index (χ1n) is 6.15. The molecule has 20 heavy (non-hydrogen) atoms. The maximum atomic E-state index is 12.1. The molecule has 0 radical (unpaired) electrons. The van der Waals surface area contributed by atoms with Gasteiger partial charge >= 0.3 is 0 Å². The van der Waals surface area contributed by atoms with Gasteiger partial charge in [-0.2, -0.15) is 0 Å². The predicted molar refractivity (Wildman–Crippen MR) is 78.2 cm³/mol. The molecule has 5 nitrogen and oxygen atoms in total. The summed E-state index contributed by atoms with van der Waals surface area (Å²) in [6.07, 6.45) is 0. The highest BCUT2D eigenvalue weighted by molar-refractivity contribution is 7.89. The van der Waals surface area contributed by atoms with E-state index in [1.807, 2.05) is 0 Å². The van der Waals surface area contributed by atoms with Gasteiger partial charge in [-0.1, -0.05) is 25.1 Å². The smallest absolute Gasteiger partial charge is 0.244 e. The molecule has 0 saturated carbocycles. The van der Waals surface area contributed by atoms with E-state index in [-0.39, 0.29) is 10.6 Å². The minimum absolute atomic E-state index is 0.101. The Morgan fingerprint density at radius 3 is 2.60 bits per heavy atom. The summed E-state index contributed by atoms with van der Waals surface area (Å²) in [5.41, 5.74) is 6.22. The molecule has 0 aliphatic rings. The fraction of sp³-hybridized carbons (Fsp3) is 0.143. The molecule has 0 fully saturated rings. The Bertz CT molecular complexity index is 699. The van der Waals surface area contributed by atoms with Gasteiger partial charge in [0.25, 0.3) is 0 Å². The maximum absolute atomic E-state index is 12.1. The number of benzene rings is 2. The van der Waals surface area contributed by atoms with E-state index in [9.17, 15) is 8.42 Å². The van der Waals surface area contributed by atoms with Crippen molar-refractivity contribution in [2.24, 2.45) is 0 Å². The number of rotatable bonds is 5. The monoisotopic (exact) mass is 292 g/mol. The van der Waals surface area contributed by atoms with Gasteiger partial charge in [0, 0.05) is 18.3 Å². The molecular weight excluding hydrogens is 276 g/mol. The Balaban J connectivity index is 2.38. The first kappa shape index (κ1) is 14.4. The molecular formula is C14H16N2O3S. The molecule has 0 bridgehead atoms. The zero-order valence-electron chi connectivity index (χ0n) is 11.0. The van der Waals surface area contributed by atoms with E-state index in [0.717, 1.165) is 0 Å². The minimum atomic E-state index is -3.58. The molecule has 0 spiro atoms. The summed E-state index contributed by atoms with van der Waals surface area (Å²) < 4.78 is 32.3. The van der Waals surface area contributed by atoms with Crippen molar-refractivity contribution in [2.75, 3.05) is 12.3 Å². The van der Waals surface area contributed by atoms with Gasteiger partial charge < -0.3 is 10.5 Å². The van der Waals surface area contributed by atoms with Crippen LogP contribution in [0.25, 0.3) is 0 Å². The van der Waals surface area contributed by atoms with Gasteiger partial charge in [-0.3, -0.25) is 0 Å². The fourth-order valence-corrected chi connectivity index (χ4v) is 2.90. The van der Waals surface area contributed by atoms with Crippen LogP contribution in [0.1, 0.15) is 6.92 Å². The van der Waals surface area contributed by atoms with Gasteiger partial charge in [0.1, 0.15) is 16.4 Å². The minimum Gasteiger partial charge on any atom is -0.456 e. The molecule has 0 saturated heterocycles. The molecule has 6 heteroatoms. The number of nitrogens with two attached hydrogens (primary N) is 1. The number of hydrogen-bond donors (Lipinski definition) is 2. The van der Waals surface area contributed by atoms with Crippen molar-refractivity contribution in [3.05, 3.63) is 48.5 Å². The van der Waals surface area contributed by atoms with E-state index in [2.05, 4.69) is 4.72 Å². The van der Waals surface area contributed by atoms with E-state index in [4.69, 9.17) is 10.5 Å². The van der Waals surface area contributed by atoms with Gasteiger partial charge in [-0.05, 0) is 24.3 Å². The number of para-hydroxylation sites is 1. The Morgan fingerprint density at radius 2 is 1.90 bits per heavy atom. The van der Waals surface area contributed by atoms with Crippen molar-refractivity contribution in [2.45, 2.75) is 11.8 Å². The average Bonchev–Trinajstić information content (AvgIpc) is 2.39. The Morgan fingerprint density at radius 1 is 1.15 bits per heavy atom. The van der Waals surface area contributed by atoms with Gasteiger partial charge in [0.15, 0.2) is 0 Å². The number of hydrogen-bond acceptors (Lipinski definition) is 4. The molecule has 3 N–H and O–H groups in total. The Labute approximate surface area is 118 Å². The van der Waals surface area contributed by atoms with E-state index in [1.54, 1.807) is 49.4 Å². The van der Waals surface area contributed by atoms with Crippen LogP contribution in [-0.4, -0.2) is 15.0 Å². The highest BCUT2D eigenvalue weighted by atomic mass is 32.2. The molecule has 2 aromatic carbocycles.